The quantitative estimate of drug-likeness (QED) is 0.0796. The third kappa shape index (κ3) is 8.99. The molecule has 4 aliphatic heterocycles. The number of hydrogen-bond donors (Lipinski definition) is 7. The van der Waals surface area contributed by atoms with Crippen molar-refractivity contribution in [2.75, 3.05) is 32.9 Å². The normalized spacial score (nSPS) is 31.7. The van der Waals surface area contributed by atoms with Gasteiger partial charge in [-0.1, -0.05) is 26.2 Å². The van der Waals surface area contributed by atoms with Gasteiger partial charge in [-0.25, -0.2) is 0 Å². The monoisotopic (exact) mass is 771 g/mol. The van der Waals surface area contributed by atoms with Crippen LogP contribution in [0.4, 0.5) is 8.63 Å². The van der Waals surface area contributed by atoms with Gasteiger partial charge in [0.05, 0.1) is 13.2 Å². The second kappa shape index (κ2) is 18.6. The first-order valence-corrected chi connectivity index (χ1v) is 19.0. The Bertz CT molecular complexity index is 1540. The van der Waals surface area contributed by atoms with Crippen LogP contribution in [0.15, 0.2) is 23.9 Å². The summed E-state index contributed by atoms with van der Waals surface area (Å²) in [5.74, 6) is -0.141. The summed E-state index contributed by atoms with van der Waals surface area (Å²) >= 11 is 0. The summed E-state index contributed by atoms with van der Waals surface area (Å²) in [6, 6.07) is 1.75. The molecule has 1 amide bonds. The molecule has 1 aromatic rings. The van der Waals surface area contributed by atoms with Crippen LogP contribution in [0.5, 0.6) is 0 Å². The first-order valence-electron chi connectivity index (χ1n) is 19.0. The Labute approximate surface area is 313 Å². The summed E-state index contributed by atoms with van der Waals surface area (Å²) in [5, 5.41) is 71.5. The highest BCUT2D eigenvalue weighted by molar-refractivity contribution is 6.58. The van der Waals surface area contributed by atoms with Crippen molar-refractivity contribution in [2.24, 2.45) is 0 Å². The third-order valence-corrected chi connectivity index (χ3v) is 10.7. The van der Waals surface area contributed by atoms with Gasteiger partial charge in [0.25, 0.3) is 0 Å². The van der Waals surface area contributed by atoms with E-state index in [1.54, 1.807) is 36.1 Å². The van der Waals surface area contributed by atoms with Crippen molar-refractivity contribution in [3.8, 4) is 0 Å². The molecular weight excluding hydrogens is 715 g/mol. The summed E-state index contributed by atoms with van der Waals surface area (Å²) in [4.78, 5) is 15.3. The molecule has 5 rings (SSSR count). The Balaban J connectivity index is 1.13. The molecule has 0 spiro atoms. The van der Waals surface area contributed by atoms with Crippen LogP contribution in [0.1, 0.15) is 75.2 Å². The number of carbonyl (C=O) groups is 1. The first kappa shape index (κ1) is 42.5. The summed E-state index contributed by atoms with van der Waals surface area (Å²) in [6.07, 6.45) is -5.37. The van der Waals surface area contributed by atoms with Crippen LogP contribution >= 0.6 is 0 Å². The molecule has 54 heavy (non-hydrogen) atoms. The highest BCUT2D eigenvalue weighted by Crippen LogP contribution is 2.35. The molecule has 5 heterocycles. The number of unbranched alkanes of at least 4 members (excludes halogenated alkanes) is 4. The van der Waals surface area contributed by atoms with Gasteiger partial charge in [-0.15, -0.1) is 0 Å². The number of nitrogens with zero attached hydrogens (tertiary/aromatic N) is 3. The van der Waals surface area contributed by atoms with Crippen molar-refractivity contribution in [3.63, 3.8) is 0 Å². The van der Waals surface area contributed by atoms with Gasteiger partial charge in [-0.05, 0) is 50.4 Å². The van der Waals surface area contributed by atoms with Crippen LogP contribution in [0.25, 0.3) is 6.08 Å². The zero-order chi connectivity index (χ0) is 39.3. The number of aryl methyl sites for hydroxylation is 2. The van der Waals surface area contributed by atoms with Gasteiger partial charge >= 0.3 is 6.97 Å². The van der Waals surface area contributed by atoms with Crippen LogP contribution in [0.2, 0.25) is 0 Å². The second-order valence-corrected chi connectivity index (χ2v) is 14.6. The lowest BCUT2D eigenvalue weighted by Crippen LogP contribution is -2.64. The van der Waals surface area contributed by atoms with Crippen molar-refractivity contribution >= 4 is 24.7 Å². The molecule has 0 radical (unpaired) electrons. The summed E-state index contributed by atoms with van der Waals surface area (Å²) in [6.45, 7) is 1.05. The first-order chi connectivity index (χ1) is 25.7. The fraction of sp³-hybridized carbons (Fsp3) is 0.722. The Hall–Kier alpha value is -2.62. The Morgan fingerprint density at radius 3 is 2.24 bits per heavy atom. The Kier molecular flexibility index (Phi) is 14.6. The van der Waals surface area contributed by atoms with Gasteiger partial charge in [0.15, 0.2) is 18.3 Å². The molecule has 0 saturated carbocycles. The number of aromatic nitrogens is 1. The fourth-order valence-electron chi connectivity index (χ4n) is 7.68. The molecule has 4 aliphatic rings. The predicted molar refractivity (Wildman–Crippen MR) is 191 cm³/mol. The average molecular weight is 772 g/mol. The Morgan fingerprint density at radius 1 is 0.889 bits per heavy atom. The summed E-state index contributed by atoms with van der Waals surface area (Å²) in [7, 11) is 0. The van der Waals surface area contributed by atoms with Gasteiger partial charge < -0.3 is 77.2 Å². The van der Waals surface area contributed by atoms with E-state index < -0.39 is 81.6 Å². The summed E-state index contributed by atoms with van der Waals surface area (Å²) in [5.41, 5.74) is 2.56. The number of aliphatic hydroxyl groups excluding tert-OH is 7. The molecule has 0 aliphatic carbocycles. The van der Waals surface area contributed by atoms with Crippen LogP contribution in [-0.2, 0) is 23.7 Å². The molecule has 1 aromatic heterocycles. The molecule has 304 valence electrons. The van der Waals surface area contributed by atoms with Gasteiger partial charge in [-0.3, -0.25) is 4.79 Å². The standard InChI is InChI=1S/C36H56BF2N3O12/c1-4-5-6-7-14-40(28(45)13-12-23-10-11-24-18-25-21(2)17-22(3)41(25)37(38,39)42(23)24)15-8-9-16-51-35-33(50)31(48)34(27(20-44)53-35)54-36-32(49)30(47)29(46)26(19-43)52-36/h10-11,17-18,26-27,29-36,43-44,46-50H,4-9,12-16,19-20H2,1-3H3/t26-,27-,29+,30+,31-,32-,33-,34-,35-,36+/m1/s1. The number of rotatable bonds is 18. The van der Waals surface area contributed by atoms with Crippen molar-refractivity contribution in [3.05, 3.63) is 40.9 Å². The third-order valence-electron chi connectivity index (χ3n) is 10.7. The van der Waals surface area contributed by atoms with Crippen molar-refractivity contribution in [1.29, 1.82) is 0 Å². The van der Waals surface area contributed by atoms with E-state index in [9.17, 15) is 40.5 Å². The molecule has 15 nitrogen and oxygen atoms in total. The maximum absolute atomic E-state index is 15.9. The van der Waals surface area contributed by atoms with E-state index in [1.165, 1.54) is 0 Å². The Morgan fingerprint density at radius 2 is 1.56 bits per heavy atom. The van der Waals surface area contributed by atoms with Gasteiger partial charge in [0.1, 0.15) is 54.5 Å². The number of hydrogen-bond acceptors (Lipinski definition) is 12. The molecule has 2 saturated heterocycles. The minimum absolute atomic E-state index is 0.0609. The smallest absolute Gasteiger partial charge is 0.394 e. The lowest BCUT2D eigenvalue weighted by molar-refractivity contribution is -0.362. The van der Waals surface area contributed by atoms with Crippen LogP contribution < -0.4 is 0 Å². The lowest BCUT2D eigenvalue weighted by Gasteiger charge is -2.45. The molecule has 0 aromatic carbocycles. The molecule has 2 fully saturated rings. The molecule has 7 N–H and O–H groups in total. The zero-order valence-electron chi connectivity index (χ0n) is 31.1. The van der Waals surface area contributed by atoms with E-state index >= 15 is 8.63 Å². The van der Waals surface area contributed by atoms with E-state index in [4.69, 9.17) is 18.9 Å². The van der Waals surface area contributed by atoms with Gasteiger partial charge in [-0.2, -0.15) is 0 Å². The molecule has 0 bridgehead atoms. The lowest BCUT2D eigenvalue weighted by atomic mass is 9.90. The van der Waals surface area contributed by atoms with E-state index in [2.05, 4.69) is 6.92 Å². The molecule has 18 heteroatoms. The number of fused-ring (bicyclic) bond motifs is 2. The zero-order valence-corrected chi connectivity index (χ0v) is 31.1. The molecular formula is C36H56BF2N3O12. The average Bonchev–Trinajstić information content (AvgIpc) is 3.70. The fourth-order valence-corrected chi connectivity index (χ4v) is 7.68. The number of amides is 1. The van der Waals surface area contributed by atoms with E-state index in [0.717, 1.165) is 40.2 Å². The minimum atomic E-state index is -4.12. The number of carbonyl (C=O) groups excluding carboxylic acids is 1. The van der Waals surface area contributed by atoms with Crippen molar-refractivity contribution < 1.29 is 72.6 Å². The van der Waals surface area contributed by atoms with Gasteiger partial charge in [0, 0.05) is 56.5 Å². The maximum atomic E-state index is 15.9. The molecule has 10 atom stereocenters. The topological polar surface area (TPSA) is 207 Å². The van der Waals surface area contributed by atoms with E-state index in [1.807, 2.05) is 6.92 Å². The largest absolute Gasteiger partial charge is 0.737 e. The number of halogens is 2. The van der Waals surface area contributed by atoms with Crippen LogP contribution in [0, 0.1) is 13.8 Å². The predicted octanol–water partition coefficient (Wildman–Crippen LogP) is 0.315. The van der Waals surface area contributed by atoms with E-state index in [-0.39, 0.29) is 25.4 Å². The van der Waals surface area contributed by atoms with Crippen LogP contribution in [0.3, 0.4) is 0 Å². The van der Waals surface area contributed by atoms with E-state index in [0.29, 0.717) is 48.7 Å². The van der Waals surface area contributed by atoms with Crippen molar-refractivity contribution in [2.45, 2.75) is 134 Å². The number of allylic oxidation sites excluding steroid dienone is 2. The SMILES string of the molecule is CCCCCCN(CCCCO[C@@H]1O[C@H](CO)[C@@H](O[C@@H]2O[C@H](CO)[C@H](O)[C@H](O)[C@H]2O)[C@H](O)[C@H]1O)C(=O)CCC1=[N+]2C(=Cc3c(C)cc(C)n3[B-]2(F)F)C=C1. The highest BCUT2D eigenvalue weighted by Gasteiger charge is 2.53. The van der Waals surface area contributed by atoms with Gasteiger partial charge in [0.2, 0.25) is 5.91 Å². The number of aliphatic hydroxyl groups is 7. The van der Waals surface area contributed by atoms with Crippen LogP contribution in [-0.4, -0.2) is 163 Å². The summed E-state index contributed by atoms with van der Waals surface area (Å²) < 4.78 is 56.2. The molecule has 0 unspecified atom stereocenters. The highest BCUT2D eigenvalue weighted by atomic mass is 19.2. The number of ether oxygens (including phenoxy) is 4. The minimum Gasteiger partial charge on any atom is -0.394 e. The second-order valence-electron chi connectivity index (χ2n) is 14.6. The van der Waals surface area contributed by atoms with Crippen molar-refractivity contribution in [1.82, 2.24) is 9.38 Å². The maximum Gasteiger partial charge on any atom is 0.737 e.